The normalized spacial score (nSPS) is 20.1. The Morgan fingerprint density at radius 1 is 0.857 bits per heavy atom. The number of hydrogen-bond donors (Lipinski definition) is 1. The van der Waals surface area contributed by atoms with Crippen molar-refractivity contribution in [2.75, 3.05) is 19.6 Å². The number of hydrogen-bond acceptors (Lipinski definition) is 2. The van der Waals surface area contributed by atoms with Crippen LogP contribution in [0.2, 0.25) is 0 Å². The molecule has 21 heavy (non-hydrogen) atoms. The lowest BCUT2D eigenvalue weighted by atomic mass is 10.0. The first kappa shape index (κ1) is 17.3. The molecule has 124 valence electrons. The highest BCUT2D eigenvalue weighted by atomic mass is 15.2. The Morgan fingerprint density at radius 3 is 1.86 bits per heavy atom. The lowest BCUT2D eigenvalue weighted by molar-refractivity contribution is 0.172. The van der Waals surface area contributed by atoms with Crippen molar-refractivity contribution < 1.29 is 0 Å². The van der Waals surface area contributed by atoms with E-state index in [0.717, 1.165) is 18.4 Å². The van der Waals surface area contributed by atoms with Gasteiger partial charge in [-0.05, 0) is 43.9 Å². The molecule has 2 nitrogen and oxygen atoms in total. The van der Waals surface area contributed by atoms with Crippen molar-refractivity contribution in [3.8, 4) is 0 Å². The maximum absolute atomic E-state index is 6.10. The molecule has 0 aromatic carbocycles. The van der Waals surface area contributed by atoms with E-state index in [2.05, 4.69) is 11.8 Å². The summed E-state index contributed by atoms with van der Waals surface area (Å²) >= 11 is 0. The van der Waals surface area contributed by atoms with Crippen LogP contribution in [0.5, 0.6) is 0 Å². The first-order chi connectivity index (χ1) is 10.3. The van der Waals surface area contributed by atoms with Crippen LogP contribution in [-0.2, 0) is 0 Å². The molecule has 2 N–H and O–H groups in total. The van der Waals surface area contributed by atoms with E-state index >= 15 is 0 Å². The van der Waals surface area contributed by atoms with Crippen LogP contribution in [-0.4, -0.2) is 30.6 Å². The highest BCUT2D eigenvalue weighted by Crippen LogP contribution is 2.34. The first-order valence-electron chi connectivity index (χ1n) is 9.77. The molecule has 2 saturated carbocycles. The third-order valence-electron chi connectivity index (χ3n) is 5.31. The SMILES string of the molecule is CCCCCCCCCC(CN)N(CC1CC1)CC1CC1. The van der Waals surface area contributed by atoms with E-state index < -0.39 is 0 Å². The van der Waals surface area contributed by atoms with Crippen LogP contribution in [0.4, 0.5) is 0 Å². The van der Waals surface area contributed by atoms with Gasteiger partial charge in [-0.3, -0.25) is 4.90 Å². The van der Waals surface area contributed by atoms with Crippen molar-refractivity contribution in [2.24, 2.45) is 17.6 Å². The summed E-state index contributed by atoms with van der Waals surface area (Å²) in [7, 11) is 0. The van der Waals surface area contributed by atoms with E-state index in [4.69, 9.17) is 5.73 Å². The minimum absolute atomic E-state index is 0.668. The molecule has 2 aliphatic carbocycles. The zero-order valence-electron chi connectivity index (χ0n) is 14.4. The van der Waals surface area contributed by atoms with Crippen LogP contribution >= 0.6 is 0 Å². The number of nitrogens with two attached hydrogens (primary N) is 1. The Morgan fingerprint density at radius 2 is 1.38 bits per heavy atom. The van der Waals surface area contributed by atoms with Gasteiger partial charge in [-0.1, -0.05) is 51.9 Å². The summed E-state index contributed by atoms with van der Waals surface area (Å²) in [4.78, 5) is 2.77. The fourth-order valence-corrected chi connectivity index (χ4v) is 3.42. The minimum Gasteiger partial charge on any atom is -0.329 e. The summed E-state index contributed by atoms with van der Waals surface area (Å²) < 4.78 is 0. The minimum atomic E-state index is 0.668. The Labute approximate surface area is 132 Å². The van der Waals surface area contributed by atoms with Gasteiger partial charge in [0, 0.05) is 25.7 Å². The van der Waals surface area contributed by atoms with E-state index in [1.165, 1.54) is 90.1 Å². The molecule has 0 aliphatic heterocycles. The van der Waals surface area contributed by atoms with Gasteiger partial charge in [0.25, 0.3) is 0 Å². The van der Waals surface area contributed by atoms with Gasteiger partial charge >= 0.3 is 0 Å². The van der Waals surface area contributed by atoms with Crippen LogP contribution in [0.15, 0.2) is 0 Å². The van der Waals surface area contributed by atoms with Gasteiger partial charge in [0.05, 0.1) is 0 Å². The van der Waals surface area contributed by atoms with Crippen LogP contribution in [0.1, 0.15) is 84.0 Å². The predicted octanol–water partition coefficient (Wildman–Crippen LogP) is 4.58. The van der Waals surface area contributed by atoms with Crippen LogP contribution in [0.3, 0.4) is 0 Å². The third kappa shape index (κ3) is 7.65. The maximum atomic E-state index is 6.10. The monoisotopic (exact) mass is 294 g/mol. The molecular formula is C19H38N2. The molecule has 0 aromatic heterocycles. The molecule has 0 heterocycles. The second-order valence-corrected chi connectivity index (χ2v) is 7.64. The first-order valence-corrected chi connectivity index (χ1v) is 9.77. The summed E-state index contributed by atoms with van der Waals surface area (Å²) in [5, 5.41) is 0. The molecule has 0 spiro atoms. The molecular weight excluding hydrogens is 256 g/mol. The van der Waals surface area contributed by atoms with Crippen molar-refractivity contribution in [3.63, 3.8) is 0 Å². The van der Waals surface area contributed by atoms with Crippen molar-refractivity contribution in [1.29, 1.82) is 0 Å². The van der Waals surface area contributed by atoms with E-state index in [1.807, 2.05) is 0 Å². The van der Waals surface area contributed by atoms with Gasteiger partial charge in [-0.2, -0.15) is 0 Å². The van der Waals surface area contributed by atoms with Crippen molar-refractivity contribution in [2.45, 2.75) is 90.0 Å². The standard InChI is InChI=1S/C19H38N2/c1-2-3-4-5-6-7-8-9-19(14-20)21(15-17-10-11-17)16-18-12-13-18/h17-19H,2-16,20H2,1H3. The van der Waals surface area contributed by atoms with Gasteiger partial charge in [-0.15, -0.1) is 0 Å². The van der Waals surface area contributed by atoms with Crippen LogP contribution in [0.25, 0.3) is 0 Å². The van der Waals surface area contributed by atoms with Gasteiger partial charge < -0.3 is 5.73 Å². The maximum Gasteiger partial charge on any atom is 0.0218 e. The molecule has 1 unspecified atom stereocenters. The topological polar surface area (TPSA) is 29.3 Å². The quantitative estimate of drug-likeness (QED) is 0.475. The molecule has 0 aromatic rings. The second-order valence-electron chi connectivity index (χ2n) is 7.64. The van der Waals surface area contributed by atoms with Crippen molar-refractivity contribution in [1.82, 2.24) is 4.90 Å². The Balaban J connectivity index is 1.59. The lowest BCUT2D eigenvalue weighted by Gasteiger charge is -2.31. The average Bonchev–Trinajstić information content (AvgIpc) is 3.37. The highest BCUT2D eigenvalue weighted by molar-refractivity contribution is 4.86. The molecule has 2 heteroatoms. The second kappa shape index (κ2) is 9.84. The van der Waals surface area contributed by atoms with E-state index in [-0.39, 0.29) is 0 Å². The summed E-state index contributed by atoms with van der Waals surface area (Å²) in [6, 6.07) is 0.668. The number of nitrogens with zero attached hydrogens (tertiary/aromatic N) is 1. The van der Waals surface area contributed by atoms with Gasteiger partial charge in [0.2, 0.25) is 0 Å². The molecule has 0 saturated heterocycles. The molecule has 2 rings (SSSR count). The summed E-state index contributed by atoms with van der Waals surface area (Å²) in [6.07, 6.45) is 17.1. The summed E-state index contributed by atoms with van der Waals surface area (Å²) in [6.45, 7) is 5.85. The smallest absolute Gasteiger partial charge is 0.0218 e. The molecule has 2 aliphatic rings. The Hall–Kier alpha value is -0.0800. The van der Waals surface area contributed by atoms with E-state index in [0.29, 0.717) is 6.04 Å². The van der Waals surface area contributed by atoms with Crippen molar-refractivity contribution >= 4 is 0 Å². The molecule has 1 atom stereocenters. The Bertz CT molecular complexity index is 244. The average molecular weight is 295 g/mol. The molecule has 0 radical (unpaired) electrons. The largest absolute Gasteiger partial charge is 0.329 e. The van der Waals surface area contributed by atoms with E-state index in [1.54, 1.807) is 0 Å². The van der Waals surface area contributed by atoms with Gasteiger partial charge in [0.1, 0.15) is 0 Å². The molecule has 2 fully saturated rings. The van der Waals surface area contributed by atoms with Crippen molar-refractivity contribution in [3.05, 3.63) is 0 Å². The number of rotatable bonds is 14. The zero-order valence-corrected chi connectivity index (χ0v) is 14.4. The Kier molecular flexibility index (Phi) is 8.10. The third-order valence-corrected chi connectivity index (χ3v) is 5.31. The lowest BCUT2D eigenvalue weighted by Crippen LogP contribution is -2.43. The van der Waals surface area contributed by atoms with Crippen LogP contribution in [0, 0.1) is 11.8 Å². The fraction of sp³-hybridized carbons (Fsp3) is 1.00. The van der Waals surface area contributed by atoms with Gasteiger partial charge in [0.15, 0.2) is 0 Å². The summed E-state index contributed by atoms with van der Waals surface area (Å²) in [5.41, 5.74) is 6.10. The number of unbranched alkanes of at least 4 members (excludes halogenated alkanes) is 6. The predicted molar refractivity (Wildman–Crippen MR) is 92.5 cm³/mol. The molecule has 0 bridgehead atoms. The fourth-order valence-electron chi connectivity index (χ4n) is 3.42. The highest BCUT2D eigenvalue weighted by Gasteiger charge is 2.31. The zero-order chi connectivity index (χ0) is 14.9. The molecule has 0 amide bonds. The van der Waals surface area contributed by atoms with E-state index in [9.17, 15) is 0 Å². The summed E-state index contributed by atoms with van der Waals surface area (Å²) in [5.74, 6) is 2.01. The van der Waals surface area contributed by atoms with Gasteiger partial charge in [-0.25, -0.2) is 0 Å². The van der Waals surface area contributed by atoms with Crippen LogP contribution < -0.4 is 5.73 Å².